The largest absolute Gasteiger partial charge is 0.508 e. The van der Waals surface area contributed by atoms with Crippen LogP contribution in [-0.4, -0.2) is 10.2 Å². The lowest BCUT2D eigenvalue weighted by molar-refractivity contribution is 0.475. The fourth-order valence-corrected chi connectivity index (χ4v) is 2.15. The van der Waals surface area contributed by atoms with Gasteiger partial charge in [0.2, 0.25) is 0 Å². The van der Waals surface area contributed by atoms with Crippen molar-refractivity contribution in [3.05, 3.63) is 55.4 Å². The molecule has 0 unspecified atom stereocenters. The Kier molecular flexibility index (Phi) is 6.37. The summed E-state index contributed by atoms with van der Waals surface area (Å²) in [4.78, 5) is 0. The summed E-state index contributed by atoms with van der Waals surface area (Å²) in [5.41, 5.74) is 0. The lowest BCUT2D eigenvalue weighted by Gasteiger charge is -2.06. The molecule has 0 aromatic heterocycles. The summed E-state index contributed by atoms with van der Waals surface area (Å²) < 4.78 is 0. The van der Waals surface area contributed by atoms with Crippen LogP contribution in [0.1, 0.15) is 0 Å². The zero-order valence-electron chi connectivity index (χ0n) is 9.17. The summed E-state index contributed by atoms with van der Waals surface area (Å²) in [5.74, 6) is -0.0415. The van der Waals surface area contributed by atoms with E-state index >= 15 is 0 Å². The molecule has 0 radical (unpaired) electrons. The molecule has 0 heterocycles. The van der Waals surface area contributed by atoms with Crippen molar-refractivity contribution in [1.29, 1.82) is 0 Å². The van der Waals surface area contributed by atoms with Crippen molar-refractivity contribution in [2.75, 3.05) is 0 Å². The molecule has 0 amide bonds. The molecule has 2 rings (SSSR count). The van der Waals surface area contributed by atoms with Crippen molar-refractivity contribution < 1.29 is 10.2 Å². The second kappa shape index (κ2) is 7.32. The average molecular weight is 360 g/mol. The zero-order valence-corrected chi connectivity index (χ0v) is 13.0. The third kappa shape index (κ3) is 4.23. The van der Waals surface area contributed by atoms with Gasteiger partial charge in [0, 0.05) is 0 Å². The first kappa shape index (κ1) is 16.5. The predicted molar refractivity (Wildman–Crippen MR) is 81.3 cm³/mol. The Morgan fingerprint density at radius 3 is 1.26 bits per heavy atom. The number of rotatable bonds is 0. The third-order valence-corrected chi connectivity index (χ3v) is 4.20. The molecule has 2 aromatic rings. The highest BCUT2D eigenvalue weighted by Crippen LogP contribution is 2.47. The Balaban J connectivity index is 0.000000218. The number of hydrogen-bond donors (Lipinski definition) is 2. The molecule has 7 heteroatoms. The standard InChI is InChI=1S/C6HCl5O.C6H6O/c7-1-2(8)4(10)6(12)5(11)3(1)9;7-6-4-2-1-3-5-6/h12H;1-5,7H. The van der Waals surface area contributed by atoms with Crippen LogP contribution >= 0.6 is 58.0 Å². The van der Waals surface area contributed by atoms with Gasteiger partial charge in [0.15, 0.2) is 5.75 Å². The van der Waals surface area contributed by atoms with Crippen LogP contribution in [0.15, 0.2) is 30.3 Å². The molecule has 0 aliphatic heterocycles. The van der Waals surface area contributed by atoms with Crippen LogP contribution in [0.4, 0.5) is 0 Å². The highest BCUT2D eigenvalue weighted by Gasteiger charge is 2.18. The maximum absolute atomic E-state index is 9.20. The smallest absolute Gasteiger partial charge is 0.155 e. The highest BCUT2D eigenvalue weighted by molar-refractivity contribution is 6.55. The van der Waals surface area contributed by atoms with E-state index in [0.29, 0.717) is 5.75 Å². The maximum atomic E-state index is 9.20. The quantitative estimate of drug-likeness (QED) is 0.443. The van der Waals surface area contributed by atoms with E-state index in [9.17, 15) is 5.11 Å². The summed E-state index contributed by atoms with van der Waals surface area (Å²) in [6, 6.07) is 8.71. The van der Waals surface area contributed by atoms with Crippen molar-refractivity contribution in [1.82, 2.24) is 0 Å². The minimum Gasteiger partial charge on any atom is -0.508 e. The maximum Gasteiger partial charge on any atom is 0.155 e. The number of phenols is 2. The number of halogens is 5. The van der Waals surface area contributed by atoms with E-state index in [-0.39, 0.29) is 30.9 Å². The van der Waals surface area contributed by atoms with Crippen LogP contribution in [0.25, 0.3) is 0 Å². The van der Waals surface area contributed by atoms with Gasteiger partial charge in [-0.05, 0) is 12.1 Å². The molecule has 0 fully saturated rings. The molecule has 2 nitrogen and oxygen atoms in total. The van der Waals surface area contributed by atoms with Crippen molar-refractivity contribution in [3.8, 4) is 11.5 Å². The van der Waals surface area contributed by atoms with Gasteiger partial charge < -0.3 is 10.2 Å². The third-order valence-electron chi connectivity index (χ3n) is 1.94. The van der Waals surface area contributed by atoms with Gasteiger partial charge in [-0.1, -0.05) is 76.2 Å². The van der Waals surface area contributed by atoms with Crippen LogP contribution in [0.5, 0.6) is 11.5 Å². The van der Waals surface area contributed by atoms with Gasteiger partial charge in [0.1, 0.15) is 15.8 Å². The molecule has 0 spiro atoms. The summed E-state index contributed by atoms with van der Waals surface area (Å²) in [6.07, 6.45) is 0. The van der Waals surface area contributed by atoms with Crippen LogP contribution in [0.3, 0.4) is 0 Å². The van der Waals surface area contributed by atoms with Gasteiger partial charge in [-0.2, -0.15) is 0 Å². The molecule has 102 valence electrons. The van der Waals surface area contributed by atoms with Gasteiger partial charge in [-0.25, -0.2) is 0 Å². The molecule has 0 atom stereocenters. The molecule has 0 aliphatic rings. The Hall–Kier alpha value is -0.510. The number of hydrogen-bond acceptors (Lipinski definition) is 2. The van der Waals surface area contributed by atoms with E-state index in [1.54, 1.807) is 24.3 Å². The highest BCUT2D eigenvalue weighted by atomic mass is 35.5. The van der Waals surface area contributed by atoms with Gasteiger partial charge in [0.05, 0.1) is 15.1 Å². The Morgan fingerprint density at radius 2 is 0.947 bits per heavy atom. The molecular weight excluding hydrogens is 353 g/mol. The van der Waals surface area contributed by atoms with Gasteiger partial charge in [0.25, 0.3) is 0 Å². The zero-order chi connectivity index (χ0) is 14.6. The first-order valence-corrected chi connectivity index (χ1v) is 6.69. The van der Waals surface area contributed by atoms with Gasteiger partial charge >= 0.3 is 0 Å². The van der Waals surface area contributed by atoms with Crippen LogP contribution < -0.4 is 0 Å². The molecule has 2 N–H and O–H groups in total. The van der Waals surface area contributed by atoms with E-state index in [2.05, 4.69) is 0 Å². The van der Waals surface area contributed by atoms with E-state index in [1.807, 2.05) is 6.07 Å². The van der Waals surface area contributed by atoms with Crippen molar-refractivity contribution in [2.45, 2.75) is 0 Å². The molecular formula is C12H7Cl5O2. The van der Waals surface area contributed by atoms with Crippen molar-refractivity contribution >= 4 is 58.0 Å². The minimum absolute atomic E-state index is 0.00904. The van der Waals surface area contributed by atoms with E-state index in [1.165, 1.54) is 0 Å². The van der Waals surface area contributed by atoms with Crippen molar-refractivity contribution in [2.24, 2.45) is 0 Å². The first-order valence-electron chi connectivity index (χ1n) is 4.80. The monoisotopic (exact) mass is 358 g/mol. The van der Waals surface area contributed by atoms with E-state index in [4.69, 9.17) is 63.1 Å². The van der Waals surface area contributed by atoms with Crippen LogP contribution in [0, 0.1) is 0 Å². The predicted octanol–water partition coefficient (Wildman–Crippen LogP) is 6.05. The summed E-state index contributed by atoms with van der Waals surface area (Å²) in [5, 5.41) is 17.6. The van der Waals surface area contributed by atoms with Crippen LogP contribution in [-0.2, 0) is 0 Å². The minimum atomic E-state index is -0.363. The number of phenolic OH excluding ortho intramolecular Hbond substituents is 2. The summed E-state index contributed by atoms with van der Waals surface area (Å²) >= 11 is 27.9. The second-order valence-corrected chi connectivity index (χ2v) is 5.14. The number of para-hydroxylation sites is 1. The molecule has 2 aromatic carbocycles. The lowest BCUT2D eigenvalue weighted by atomic mass is 10.3. The molecule has 0 aliphatic carbocycles. The molecule has 0 saturated heterocycles. The normalized spacial score (nSPS) is 9.74. The van der Waals surface area contributed by atoms with Gasteiger partial charge in [-0.15, -0.1) is 0 Å². The topological polar surface area (TPSA) is 40.5 Å². The van der Waals surface area contributed by atoms with Gasteiger partial charge in [-0.3, -0.25) is 0 Å². The summed E-state index contributed by atoms with van der Waals surface area (Å²) in [6.45, 7) is 0. The fraction of sp³-hybridized carbons (Fsp3) is 0. The first-order chi connectivity index (χ1) is 8.86. The van der Waals surface area contributed by atoms with E-state index in [0.717, 1.165) is 0 Å². The molecule has 19 heavy (non-hydrogen) atoms. The average Bonchev–Trinajstić information content (AvgIpc) is 2.42. The Morgan fingerprint density at radius 1 is 0.579 bits per heavy atom. The molecule has 0 saturated carbocycles. The SMILES string of the molecule is Oc1c(Cl)c(Cl)c(Cl)c(Cl)c1Cl.Oc1ccccc1. The fourth-order valence-electron chi connectivity index (χ4n) is 1.02. The Bertz CT molecular complexity index is 467. The Labute approximate surface area is 135 Å². The molecule has 0 bridgehead atoms. The summed E-state index contributed by atoms with van der Waals surface area (Å²) in [7, 11) is 0. The second-order valence-electron chi connectivity index (χ2n) is 3.25. The van der Waals surface area contributed by atoms with Crippen LogP contribution in [0.2, 0.25) is 25.1 Å². The number of benzene rings is 2. The number of aromatic hydroxyl groups is 2. The lowest BCUT2D eigenvalue weighted by Crippen LogP contribution is -1.78. The van der Waals surface area contributed by atoms with E-state index < -0.39 is 0 Å². The van der Waals surface area contributed by atoms with Crippen molar-refractivity contribution in [3.63, 3.8) is 0 Å².